The molecule has 0 rings (SSSR count). The van der Waals surface area contributed by atoms with Crippen LogP contribution in [0, 0.1) is 0 Å². The number of alkyl halides is 7. The van der Waals surface area contributed by atoms with E-state index in [1.54, 1.807) is 0 Å². The summed E-state index contributed by atoms with van der Waals surface area (Å²) in [5.41, 5.74) is 0. The Morgan fingerprint density at radius 1 is 0.737 bits per heavy atom. The van der Waals surface area contributed by atoms with Gasteiger partial charge in [-0.2, -0.15) is 0 Å². The normalized spacial score (nSPS) is 13.9. The predicted molar refractivity (Wildman–Crippen MR) is 110 cm³/mol. The van der Waals surface area contributed by atoms with E-state index in [1.165, 1.54) is 38.5 Å². The quantitative estimate of drug-likeness (QED) is 0.160. The number of unbranched alkanes of at least 4 members (excludes halogenated alkanes) is 6. The molecule has 0 bridgehead atoms. The van der Waals surface area contributed by atoms with Crippen LogP contribution in [0.15, 0.2) is 0 Å². The molecule has 0 spiro atoms. The largest absolute Gasteiger partial charge is 0.180 e. The Bertz CT molecular complexity index is 249. The highest BCUT2D eigenvalue weighted by atomic mass is 79.9. The first-order chi connectivity index (χ1) is 8.56. The van der Waals surface area contributed by atoms with E-state index in [4.69, 9.17) is 11.6 Å². The van der Waals surface area contributed by atoms with E-state index >= 15 is 0 Å². The van der Waals surface area contributed by atoms with Crippen LogP contribution in [0.5, 0.6) is 0 Å². The molecule has 0 fully saturated rings. The molecule has 116 valence electrons. The Hall–Kier alpha value is 3.17. The fourth-order valence-electron chi connectivity index (χ4n) is 1.67. The maximum absolute atomic E-state index is 6.29. The van der Waals surface area contributed by atoms with E-state index in [1.807, 2.05) is 0 Å². The Morgan fingerprint density at radius 3 is 1.58 bits per heavy atom. The highest BCUT2D eigenvalue weighted by Gasteiger charge is 2.56. The minimum Gasteiger partial charge on any atom is -0.0913 e. The number of hydrogen-bond donors (Lipinski definition) is 0. The summed E-state index contributed by atoms with van der Waals surface area (Å²) in [4.78, 5) is 0. The molecule has 0 nitrogen and oxygen atoms in total. The second-order valence-electron chi connectivity index (χ2n) is 4.65. The minimum absolute atomic E-state index is 0.342. The van der Waals surface area contributed by atoms with Crippen LogP contribution in [-0.2, 0) is 0 Å². The Balaban J connectivity index is 4.04. The van der Waals surface area contributed by atoms with Gasteiger partial charge in [0.05, 0.1) is 0 Å². The molecular formula is C12H19Br6Cl. The molecular weight excluding hydrogens is 659 g/mol. The van der Waals surface area contributed by atoms with Gasteiger partial charge in [0, 0.05) is 0 Å². The van der Waals surface area contributed by atoms with Crippen LogP contribution >= 0.6 is 107 Å². The van der Waals surface area contributed by atoms with E-state index in [0.717, 1.165) is 12.8 Å². The van der Waals surface area contributed by atoms with Gasteiger partial charge in [-0.25, -0.2) is 0 Å². The zero-order chi connectivity index (χ0) is 15.2. The maximum atomic E-state index is 6.29. The van der Waals surface area contributed by atoms with Gasteiger partial charge in [-0.15, -0.1) is 0 Å². The molecule has 0 saturated heterocycles. The lowest BCUT2D eigenvalue weighted by Gasteiger charge is -2.40. The van der Waals surface area contributed by atoms with Gasteiger partial charge >= 0.3 is 0 Å². The van der Waals surface area contributed by atoms with Crippen LogP contribution in [0.2, 0.25) is 0 Å². The van der Waals surface area contributed by atoms with Crippen molar-refractivity contribution in [1.29, 1.82) is 0 Å². The molecule has 0 aliphatic rings. The molecule has 0 atom stereocenters. The highest BCUT2D eigenvalue weighted by molar-refractivity contribution is 9.33. The summed E-state index contributed by atoms with van der Waals surface area (Å²) in [5.74, 6) is 0. The molecule has 0 aliphatic heterocycles. The van der Waals surface area contributed by atoms with E-state index in [-0.39, 0.29) is 3.23 Å². The number of halogens is 7. The fourth-order valence-corrected chi connectivity index (χ4v) is 5.35. The lowest BCUT2D eigenvalue weighted by molar-refractivity contribution is 0.559. The molecule has 0 aliphatic carbocycles. The van der Waals surface area contributed by atoms with Crippen LogP contribution in [0.25, 0.3) is 0 Å². The molecule has 0 unspecified atom stereocenters. The third-order valence-electron chi connectivity index (χ3n) is 2.91. The molecule has 0 saturated carbocycles. The van der Waals surface area contributed by atoms with Crippen molar-refractivity contribution in [2.75, 3.05) is 0 Å². The first-order valence-corrected chi connectivity index (χ1v) is 11.5. The molecule has 0 amide bonds. The average Bonchev–Trinajstić information content (AvgIpc) is 2.26. The van der Waals surface area contributed by atoms with Crippen molar-refractivity contribution in [2.45, 2.75) is 67.5 Å². The summed E-state index contributed by atoms with van der Waals surface area (Å²) in [7, 11) is 0. The summed E-state index contributed by atoms with van der Waals surface area (Å²) in [6, 6.07) is 0. The van der Waals surface area contributed by atoms with Crippen LogP contribution in [0.1, 0.15) is 58.3 Å². The van der Waals surface area contributed by atoms with E-state index in [2.05, 4.69) is 103 Å². The monoisotopic (exact) mass is 672 g/mol. The molecule has 0 aromatic heterocycles. The van der Waals surface area contributed by atoms with Gasteiger partial charge in [-0.05, 0) is 6.42 Å². The van der Waals surface area contributed by atoms with Crippen molar-refractivity contribution in [1.82, 2.24) is 0 Å². The van der Waals surface area contributed by atoms with Crippen molar-refractivity contribution in [3.8, 4) is 0 Å². The topological polar surface area (TPSA) is 0 Å². The lowest BCUT2D eigenvalue weighted by atomic mass is 10.1. The smallest absolute Gasteiger partial charge is 0.0913 e. The summed E-state index contributed by atoms with van der Waals surface area (Å²) in [5, 5.41) is 0. The molecule has 7 heteroatoms. The van der Waals surface area contributed by atoms with Gasteiger partial charge in [0.15, 0.2) is 2.69 Å². The third kappa shape index (κ3) is 8.01. The van der Waals surface area contributed by atoms with Gasteiger partial charge in [-0.3, -0.25) is 0 Å². The van der Waals surface area contributed by atoms with Crippen LogP contribution < -0.4 is 0 Å². The third-order valence-corrected chi connectivity index (χ3v) is 13.6. The van der Waals surface area contributed by atoms with Gasteiger partial charge in [0.25, 0.3) is 0 Å². The van der Waals surface area contributed by atoms with Crippen LogP contribution in [-0.4, -0.2) is 9.16 Å². The van der Waals surface area contributed by atoms with Crippen molar-refractivity contribution in [3.63, 3.8) is 0 Å². The van der Waals surface area contributed by atoms with Crippen LogP contribution in [0.4, 0.5) is 0 Å². The van der Waals surface area contributed by atoms with Gasteiger partial charge in [0.2, 0.25) is 0 Å². The predicted octanol–water partition coefficient (Wildman–Crippen LogP) is 8.78. The zero-order valence-corrected chi connectivity index (χ0v) is 21.1. The highest BCUT2D eigenvalue weighted by Crippen LogP contribution is 2.63. The van der Waals surface area contributed by atoms with E-state index < -0.39 is 5.93 Å². The first-order valence-electron chi connectivity index (χ1n) is 6.38. The van der Waals surface area contributed by atoms with E-state index in [9.17, 15) is 0 Å². The molecule has 0 N–H and O–H groups in total. The van der Waals surface area contributed by atoms with Gasteiger partial charge in [0.1, 0.15) is 6.47 Å². The summed E-state index contributed by atoms with van der Waals surface area (Å²) >= 11 is 27.8. The average molecular weight is 678 g/mol. The van der Waals surface area contributed by atoms with Crippen molar-refractivity contribution >= 4 is 107 Å². The Kier molecular flexibility index (Phi) is 11.8. The SMILES string of the molecule is CCCCCCCCCC(Br)(Br)C(Br)(Br)C(Cl)(Br)Br. The zero-order valence-electron chi connectivity index (χ0n) is 10.8. The summed E-state index contributed by atoms with van der Waals surface area (Å²) < 4.78 is -1.70. The van der Waals surface area contributed by atoms with Crippen molar-refractivity contribution in [2.24, 2.45) is 0 Å². The van der Waals surface area contributed by atoms with Crippen molar-refractivity contribution in [3.05, 3.63) is 0 Å². The minimum atomic E-state index is -0.791. The van der Waals surface area contributed by atoms with Gasteiger partial charge in [-0.1, -0.05) is 159 Å². The molecule has 0 radical (unpaired) electrons. The second-order valence-corrected chi connectivity index (χ2v) is 16.8. The summed E-state index contributed by atoms with van der Waals surface area (Å²) in [6.07, 6.45) is 10.0. The molecule has 0 heterocycles. The van der Waals surface area contributed by atoms with Crippen molar-refractivity contribution < 1.29 is 0 Å². The second kappa shape index (κ2) is 10.1. The maximum Gasteiger partial charge on any atom is 0.180 e. The number of rotatable bonds is 10. The molecule has 0 aromatic rings. The fraction of sp³-hybridized carbons (Fsp3) is 1.00. The first kappa shape index (κ1) is 22.2. The molecule has 0 aromatic carbocycles. The Labute approximate surface area is 172 Å². The number of hydrogen-bond acceptors (Lipinski definition) is 0. The standard InChI is InChI=1S/C12H19Br6Cl/c1-2-3-4-5-6-7-8-9-10(13,14)11(15,16)12(17,18)19/h2-9H2,1H3. The molecule has 19 heavy (non-hydrogen) atoms. The summed E-state index contributed by atoms with van der Waals surface area (Å²) in [6.45, 7) is 2.24. The van der Waals surface area contributed by atoms with E-state index in [0.29, 0.717) is 0 Å². The van der Waals surface area contributed by atoms with Gasteiger partial charge < -0.3 is 0 Å². The Morgan fingerprint density at radius 2 is 1.16 bits per heavy atom. The van der Waals surface area contributed by atoms with Crippen LogP contribution in [0.3, 0.4) is 0 Å². The lowest BCUT2D eigenvalue weighted by Crippen LogP contribution is -2.44.